The maximum atomic E-state index is 11.3. The van der Waals surface area contributed by atoms with E-state index in [1.807, 2.05) is 30.3 Å². The molecule has 112 valence electrons. The Balaban J connectivity index is 2.07. The summed E-state index contributed by atoms with van der Waals surface area (Å²) in [6.07, 6.45) is 1.96. The van der Waals surface area contributed by atoms with Crippen molar-refractivity contribution in [1.29, 1.82) is 0 Å². The van der Waals surface area contributed by atoms with Crippen LogP contribution in [0.5, 0.6) is 0 Å². The Kier molecular flexibility index (Phi) is 5.58. The quantitative estimate of drug-likeness (QED) is 0.726. The summed E-state index contributed by atoms with van der Waals surface area (Å²) in [7, 11) is 0. The fourth-order valence-electron chi connectivity index (χ4n) is 2.28. The minimum absolute atomic E-state index is 0.336. The zero-order chi connectivity index (χ0) is 15.1. The lowest BCUT2D eigenvalue weighted by Crippen LogP contribution is -2.07. The number of fused-ring (bicyclic) bond motifs is 1. The van der Waals surface area contributed by atoms with Crippen LogP contribution in [0.25, 0.3) is 10.8 Å². The van der Waals surface area contributed by atoms with Crippen molar-refractivity contribution in [3.8, 4) is 0 Å². The smallest absolute Gasteiger partial charge is 0.336 e. The van der Waals surface area contributed by atoms with Crippen LogP contribution in [0.4, 0.5) is 5.69 Å². The second kappa shape index (κ2) is 7.64. The van der Waals surface area contributed by atoms with Crippen molar-refractivity contribution >= 4 is 22.4 Å². The van der Waals surface area contributed by atoms with Gasteiger partial charge in [0, 0.05) is 30.8 Å². The molecule has 2 rings (SSSR count). The van der Waals surface area contributed by atoms with Crippen LogP contribution in [0.2, 0.25) is 0 Å². The Morgan fingerprint density at radius 2 is 1.90 bits per heavy atom. The highest BCUT2D eigenvalue weighted by Gasteiger charge is 2.10. The molecular weight excluding hydrogens is 266 g/mol. The zero-order valence-corrected chi connectivity index (χ0v) is 12.3. The maximum Gasteiger partial charge on any atom is 0.336 e. The normalized spacial score (nSPS) is 10.7. The number of carbonyl (C=O) groups is 1. The van der Waals surface area contributed by atoms with Crippen LogP contribution >= 0.6 is 0 Å². The summed E-state index contributed by atoms with van der Waals surface area (Å²) in [5, 5.41) is 14.3. The van der Waals surface area contributed by atoms with Crippen LogP contribution in [0.1, 0.15) is 30.1 Å². The third-order valence-electron chi connectivity index (χ3n) is 3.28. The summed E-state index contributed by atoms with van der Waals surface area (Å²) >= 11 is 0. The number of anilines is 1. The zero-order valence-electron chi connectivity index (χ0n) is 12.3. The molecule has 0 heterocycles. The minimum atomic E-state index is -0.897. The van der Waals surface area contributed by atoms with Gasteiger partial charge in [-0.1, -0.05) is 31.2 Å². The van der Waals surface area contributed by atoms with E-state index in [2.05, 4.69) is 12.2 Å². The summed E-state index contributed by atoms with van der Waals surface area (Å²) < 4.78 is 5.44. The topological polar surface area (TPSA) is 58.6 Å². The lowest BCUT2D eigenvalue weighted by molar-refractivity contribution is 0.0699. The first-order chi connectivity index (χ1) is 10.2. The molecular formula is C17H21NO3. The van der Waals surface area contributed by atoms with Gasteiger partial charge in [0.25, 0.3) is 0 Å². The largest absolute Gasteiger partial charge is 0.478 e. The Morgan fingerprint density at radius 1 is 1.14 bits per heavy atom. The average Bonchev–Trinajstić information content (AvgIpc) is 2.50. The van der Waals surface area contributed by atoms with Crippen molar-refractivity contribution in [3.05, 3.63) is 42.0 Å². The number of ether oxygens (including phenoxy) is 1. The highest BCUT2D eigenvalue weighted by molar-refractivity contribution is 6.07. The van der Waals surface area contributed by atoms with E-state index in [0.29, 0.717) is 5.56 Å². The molecule has 2 aromatic carbocycles. The number of rotatable bonds is 8. The van der Waals surface area contributed by atoms with E-state index in [1.165, 1.54) is 0 Å². The Morgan fingerprint density at radius 3 is 2.62 bits per heavy atom. The molecule has 0 aliphatic rings. The number of benzene rings is 2. The molecule has 0 radical (unpaired) electrons. The predicted octanol–water partition coefficient (Wildman–Crippen LogP) is 3.77. The molecule has 0 fully saturated rings. The van der Waals surface area contributed by atoms with Gasteiger partial charge < -0.3 is 15.2 Å². The fraction of sp³-hybridized carbons (Fsp3) is 0.353. The fourth-order valence-corrected chi connectivity index (χ4v) is 2.28. The first-order valence-corrected chi connectivity index (χ1v) is 7.30. The van der Waals surface area contributed by atoms with E-state index in [1.54, 1.807) is 6.07 Å². The van der Waals surface area contributed by atoms with E-state index >= 15 is 0 Å². The third kappa shape index (κ3) is 3.95. The van der Waals surface area contributed by atoms with Crippen LogP contribution in [-0.2, 0) is 4.74 Å². The van der Waals surface area contributed by atoms with Gasteiger partial charge in [0.1, 0.15) is 0 Å². The lowest BCUT2D eigenvalue weighted by atomic mass is 10.0. The SMILES string of the molecule is CCCOCCCNc1ccc(C(=O)O)c2ccccc12. The standard InChI is InChI=1S/C17H21NO3/c1-2-11-21-12-5-10-18-16-9-8-15(17(19)20)13-6-3-4-7-14(13)16/h3-4,6-9,18H,2,5,10-12H2,1H3,(H,19,20). The summed E-state index contributed by atoms with van der Waals surface area (Å²) in [6, 6.07) is 11.0. The molecule has 2 aromatic rings. The van der Waals surface area contributed by atoms with Crippen LogP contribution < -0.4 is 5.32 Å². The van der Waals surface area contributed by atoms with Crippen molar-refractivity contribution in [2.45, 2.75) is 19.8 Å². The summed E-state index contributed by atoms with van der Waals surface area (Å²) in [5.74, 6) is -0.897. The molecule has 21 heavy (non-hydrogen) atoms. The number of carboxylic acids is 1. The van der Waals surface area contributed by atoms with Crippen molar-refractivity contribution in [2.24, 2.45) is 0 Å². The molecule has 0 spiro atoms. The molecule has 0 saturated carbocycles. The van der Waals surface area contributed by atoms with Gasteiger partial charge in [-0.15, -0.1) is 0 Å². The minimum Gasteiger partial charge on any atom is -0.478 e. The first-order valence-electron chi connectivity index (χ1n) is 7.30. The van der Waals surface area contributed by atoms with Crippen LogP contribution in [0.3, 0.4) is 0 Å². The molecule has 4 nitrogen and oxygen atoms in total. The average molecular weight is 287 g/mol. The molecule has 0 unspecified atom stereocenters. The number of hydrogen-bond acceptors (Lipinski definition) is 3. The molecule has 0 bridgehead atoms. The van der Waals surface area contributed by atoms with Gasteiger partial charge >= 0.3 is 5.97 Å². The second-order valence-electron chi connectivity index (χ2n) is 4.90. The monoisotopic (exact) mass is 287 g/mol. The van der Waals surface area contributed by atoms with Gasteiger partial charge in [-0.3, -0.25) is 0 Å². The number of aromatic carboxylic acids is 1. The van der Waals surface area contributed by atoms with E-state index in [0.717, 1.165) is 49.1 Å². The van der Waals surface area contributed by atoms with Gasteiger partial charge in [0.15, 0.2) is 0 Å². The van der Waals surface area contributed by atoms with Crippen LogP contribution in [-0.4, -0.2) is 30.8 Å². The summed E-state index contributed by atoms with van der Waals surface area (Å²) in [5.41, 5.74) is 1.30. The van der Waals surface area contributed by atoms with Crippen LogP contribution in [0.15, 0.2) is 36.4 Å². The molecule has 4 heteroatoms. The molecule has 0 atom stereocenters. The third-order valence-corrected chi connectivity index (χ3v) is 3.28. The lowest BCUT2D eigenvalue weighted by Gasteiger charge is -2.11. The molecule has 0 amide bonds. The summed E-state index contributed by atoms with van der Waals surface area (Å²) in [6.45, 7) is 4.44. The van der Waals surface area contributed by atoms with Crippen molar-refractivity contribution < 1.29 is 14.6 Å². The van der Waals surface area contributed by atoms with Crippen LogP contribution in [0, 0.1) is 0 Å². The van der Waals surface area contributed by atoms with Gasteiger partial charge in [0.05, 0.1) is 5.56 Å². The highest BCUT2D eigenvalue weighted by Crippen LogP contribution is 2.26. The number of carboxylic acid groups (broad SMARTS) is 1. The molecule has 0 aliphatic heterocycles. The number of hydrogen-bond donors (Lipinski definition) is 2. The van der Waals surface area contributed by atoms with E-state index < -0.39 is 5.97 Å². The van der Waals surface area contributed by atoms with Crippen molar-refractivity contribution in [1.82, 2.24) is 0 Å². The summed E-state index contributed by atoms with van der Waals surface area (Å²) in [4.78, 5) is 11.3. The highest BCUT2D eigenvalue weighted by atomic mass is 16.5. The molecule has 0 aromatic heterocycles. The van der Waals surface area contributed by atoms with E-state index in [4.69, 9.17) is 4.74 Å². The maximum absolute atomic E-state index is 11.3. The van der Waals surface area contributed by atoms with Gasteiger partial charge in [-0.05, 0) is 30.4 Å². The Labute approximate surface area is 124 Å². The molecule has 0 aliphatic carbocycles. The Bertz CT molecular complexity index is 610. The number of nitrogens with one attached hydrogen (secondary N) is 1. The van der Waals surface area contributed by atoms with E-state index in [9.17, 15) is 9.90 Å². The molecule has 0 saturated heterocycles. The van der Waals surface area contributed by atoms with Gasteiger partial charge in [-0.2, -0.15) is 0 Å². The van der Waals surface area contributed by atoms with E-state index in [-0.39, 0.29) is 0 Å². The predicted molar refractivity (Wildman–Crippen MR) is 85.1 cm³/mol. The molecule has 2 N–H and O–H groups in total. The van der Waals surface area contributed by atoms with Gasteiger partial charge in [-0.25, -0.2) is 4.79 Å². The second-order valence-corrected chi connectivity index (χ2v) is 4.90. The first kappa shape index (κ1) is 15.3. The van der Waals surface area contributed by atoms with Gasteiger partial charge in [0.2, 0.25) is 0 Å². The Hall–Kier alpha value is -2.07. The van der Waals surface area contributed by atoms with Crippen molar-refractivity contribution in [2.75, 3.05) is 25.1 Å². The van der Waals surface area contributed by atoms with Crippen molar-refractivity contribution in [3.63, 3.8) is 0 Å².